The molecular formula is C21H23ClN2O3. The number of unbranched alkanes of at least 4 members (excludes halogenated alkanes) is 2. The Morgan fingerprint density at radius 2 is 2.04 bits per heavy atom. The highest BCUT2D eigenvalue weighted by Gasteiger charge is 2.31. The van der Waals surface area contributed by atoms with Gasteiger partial charge < -0.3 is 15.0 Å². The van der Waals surface area contributed by atoms with Gasteiger partial charge in [0.25, 0.3) is 11.8 Å². The Morgan fingerprint density at radius 1 is 1.22 bits per heavy atom. The summed E-state index contributed by atoms with van der Waals surface area (Å²) in [6.07, 6.45) is 2.55. The van der Waals surface area contributed by atoms with Crippen molar-refractivity contribution < 1.29 is 14.3 Å². The third kappa shape index (κ3) is 4.42. The maximum absolute atomic E-state index is 12.6. The number of hydrogen-bond donors (Lipinski definition) is 1. The standard InChI is InChI=1S/C21H23ClN2O3/c1-3-4-5-11-24-18-13-17(9-10-19(18)27-14(2)21(24)26)23-20(25)15-7-6-8-16(22)12-15/h6-10,12-14H,3-5,11H2,1-2H3,(H,23,25). The molecule has 0 aromatic heterocycles. The molecule has 1 atom stereocenters. The molecule has 5 nitrogen and oxygen atoms in total. The fourth-order valence-corrected chi connectivity index (χ4v) is 3.26. The monoisotopic (exact) mass is 386 g/mol. The third-order valence-electron chi connectivity index (χ3n) is 4.50. The van der Waals surface area contributed by atoms with Crippen LogP contribution in [0.3, 0.4) is 0 Å². The first-order valence-corrected chi connectivity index (χ1v) is 9.56. The zero-order chi connectivity index (χ0) is 19.4. The van der Waals surface area contributed by atoms with E-state index in [1.165, 1.54) is 0 Å². The molecule has 2 aromatic rings. The van der Waals surface area contributed by atoms with Crippen molar-refractivity contribution in [2.45, 2.75) is 39.2 Å². The van der Waals surface area contributed by atoms with E-state index in [0.29, 0.717) is 34.3 Å². The quantitative estimate of drug-likeness (QED) is 0.718. The summed E-state index contributed by atoms with van der Waals surface area (Å²) in [4.78, 5) is 26.8. The molecule has 0 spiro atoms. The zero-order valence-electron chi connectivity index (χ0n) is 15.5. The van der Waals surface area contributed by atoms with Crippen LogP contribution in [0.1, 0.15) is 43.5 Å². The lowest BCUT2D eigenvalue weighted by atomic mass is 10.1. The lowest BCUT2D eigenvalue weighted by Gasteiger charge is -2.33. The molecule has 0 radical (unpaired) electrons. The molecule has 1 aliphatic rings. The molecule has 1 N–H and O–H groups in total. The Kier molecular flexibility index (Phi) is 6.01. The summed E-state index contributed by atoms with van der Waals surface area (Å²) in [7, 11) is 0. The summed E-state index contributed by atoms with van der Waals surface area (Å²) in [5.41, 5.74) is 1.77. The largest absolute Gasteiger partial charge is 0.479 e. The molecule has 0 saturated carbocycles. The summed E-state index contributed by atoms with van der Waals surface area (Å²) in [5.74, 6) is 0.336. The molecule has 3 rings (SSSR count). The number of amides is 2. The van der Waals surface area contributed by atoms with Gasteiger partial charge in [0, 0.05) is 22.8 Å². The summed E-state index contributed by atoms with van der Waals surface area (Å²) in [6.45, 7) is 4.52. The molecule has 2 amide bonds. The lowest BCUT2D eigenvalue weighted by molar-refractivity contribution is -0.125. The number of nitrogens with one attached hydrogen (secondary N) is 1. The van der Waals surface area contributed by atoms with Crippen LogP contribution < -0.4 is 15.0 Å². The second-order valence-corrected chi connectivity index (χ2v) is 7.04. The number of anilines is 2. The van der Waals surface area contributed by atoms with E-state index >= 15 is 0 Å². The highest BCUT2D eigenvalue weighted by molar-refractivity contribution is 6.31. The summed E-state index contributed by atoms with van der Waals surface area (Å²) in [6, 6.07) is 12.1. The van der Waals surface area contributed by atoms with Crippen molar-refractivity contribution in [2.24, 2.45) is 0 Å². The van der Waals surface area contributed by atoms with Crippen molar-refractivity contribution in [1.29, 1.82) is 0 Å². The Hall–Kier alpha value is -2.53. The van der Waals surface area contributed by atoms with Crippen LogP contribution in [0.4, 0.5) is 11.4 Å². The minimum absolute atomic E-state index is 0.0584. The summed E-state index contributed by atoms with van der Waals surface area (Å²) >= 11 is 5.96. The fourth-order valence-electron chi connectivity index (χ4n) is 3.07. The highest BCUT2D eigenvalue weighted by atomic mass is 35.5. The van der Waals surface area contributed by atoms with Crippen molar-refractivity contribution in [1.82, 2.24) is 0 Å². The molecule has 0 aliphatic carbocycles. The van der Waals surface area contributed by atoms with Gasteiger partial charge in [0.15, 0.2) is 6.10 Å². The van der Waals surface area contributed by atoms with Gasteiger partial charge in [-0.3, -0.25) is 9.59 Å². The Morgan fingerprint density at radius 3 is 2.78 bits per heavy atom. The maximum atomic E-state index is 12.6. The van der Waals surface area contributed by atoms with Crippen LogP contribution in [-0.4, -0.2) is 24.5 Å². The van der Waals surface area contributed by atoms with Crippen LogP contribution >= 0.6 is 11.6 Å². The van der Waals surface area contributed by atoms with Crippen molar-refractivity contribution in [2.75, 3.05) is 16.8 Å². The van der Waals surface area contributed by atoms with E-state index < -0.39 is 6.10 Å². The van der Waals surface area contributed by atoms with E-state index in [-0.39, 0.29) is 11.8 Å². The smallest absolute Gasteiger partial charge is 0.267 e. The third-order valence-corrected chi connectivity index (χ3v) is 4.73. The number of benzene rings is 2. The number of carbonyl (C=O) groups is 2. The number of hydrogen-bond acceptors (Lipinski definition) is 3. The molecule has 1 heterocycles. The Bertz CT molecular complexity index is 853. The highest BCUT2D eigenvalue weighted by Crippen LogP contribution is 2.36. The molecule has 142 valence electrons. The Labute approximate surface area is 164 Å². The maximum Gasteiger partial charge on any atom is 0.267 e. The first-order valence-electron chi connectivity index (χ1n) is 9.18. The molecule has 0 fully saturated rings. The topological polar surface area (TPSA) is 58.6 Å². The second kappa shape index (κ2) is 8.44. The minimum Gasteiger partial charge on any atom is -0.479 e. The average Bonchev–Trinajstić information content (AvgIpc) is 2.65. The van der Waals surface area contributed by atoms with Gasteiger partial charge in [0.1, 0.15) is 5.75 Å². The van der Waals surface area contributed by atoms with Crippen LogP contribution in [0.15, 0.2) is 42.5 Å². The molecule has 0 saturated heterocycles. The van der Waals surface area contributed by atoms with Gasteiger partial charge in [-0.1, -0.05) is 37.4 Å². The van der Waals surface area contributed by atoms with Gasteiger partial charge in [-0.05, 0) is 49.7 Å². The van der Waals surface area contributed by atoms with E-state index in [1.54, 1.807) is 54.3 Å². The van der Waals surface area contributed by atoms with Crippen LogP contribution in [0, 0.1) is 0 Å². The Balaban J connectivity index is 1.83. The molecule has 0 bridgehead atoms. The van der Waals surface area contributed by atoms with Crippen LogP contribution in [0.25, 0.3) is 0 Å². The first-order chi connectivity index (χ1) is 13.0. The van der Waals surface area contributed by atoms with Gasteiger partial charge in [0.2, 0.25) is 0 Å². The van der Waals surface area contributed by atoms with Crippen LogP contribution in [-0.2, 0) is 4.79 Å². The number of rotatable bonds is 6. The fraction of sp³-hybridized carbons (Fsp3) is 0.333. The van der Waals surface area contributed by atoms with Crippen molar-refractivity contribution in [3.8, 4) is 5.75 Å². The minimum atomic E-state index is -0.508. The molecule has 6 heteroatoms. The summed E-state index contributed by atoms with van der Waals surface area (Å²) < 4.78 is 5.72. The number of ether oxygens (including phenoxy) is 1. The second-order valence-electron chi connectivity index (χ2n) is 6.60. The van der Waals surface area contributed by atoms with Crippen molar-refractivity contribution in [3.05, 3.63) is 53.1 Å². The van der Waals surface area contributed by atoms with Crippen LogP contribution in [0.2, 0.25) is 5.02 Å². The molecule has 2 aromatic carbocycles. The predicted molar refractivity (Wildman–Crippen MR) is 108 cm³/mol. The average molecular weight is 387 g/mol. The number of halogens is 1. The number of carbonyl (C=O) groups excluding carboxylic acids is 2. The van der Waals surface area contributed by atoms with Gasteiger partial charge in [-0.15, -0.1) is 0 Å². The van der Waals surface area contributed by atoms with Crippen molar-refractivity contribution >= 4 is 34.8 Å². The molecule has 1 unspecified atom stereocenters. The lowest BCUT2D eigenvalue weighted by Crippen LogP contribution is -2.44. The van der Waals surface area contributed by atoms with E-state index in [2.05, 4.69) is 12.2 Å². The zero-order valence-corrected chi connectivity index (χ0v) is 16.3. The SMILES string of the molecule is CCCCCN1C(=O)C(C)Oc2ccc(NC(=O)c3cccc(Cl)c3)cc21. The van der Waals surface area contributed by atoms with Gasteiger partial charge >= 0.3 is 0 Å². The van der Waals surface area contributed by atoms with Gasteiger partial charge in [-0.2, -0.15) is 0 Å². The van der Waals surface area contributed by atoms with Gasteiger partial charge in [0.05, 0.1) is 5.69 Å². The van der Waals surface area contributed by atoms with Crippen LogP contribution in [0.5, 0.6) is 5.75 Å². The van der Waals surface area contributed by atoms with E-state index in [1.807, 2.05) is 0 Å². The van der Waals surface area contributed by atoms with E-state index in [0.717, 1.165) is 19.3 Å². The first kappa shape index (κ1) is 19.2. The normalized spacial score (nSPS) is 15.9. The number of fused-ring (bicyclic) bond motifs is 1. The molecule has 1 aliphatic heterocycles. The molecule has 27 heavy (non-hydrogen) atoms. The van der Waals surface area contributed by atoms with Gasteiger partial charge in [-0.25, -0.2) is 0 Å². The van der Waals surface area contributed by atoms with E-state index in [9.17, 15) is 9.59 Å². The van der Waals surface area contributed by atoms with Crippen molar-refractivity contribution in [3.63, 3.8) is 0 Å². The number of nitrogens with zero attached hydrogens (tertiary/aromatic N) is 1. The summed E-state index contributed by atoms with van der Waals surface area (Å²) in [5, 5.41) is 3.36. The molecular weight excluding hydrogens is 364 g/mol. The predicted octanol–water partition coefficient (Wildman–Crippen LogP) is 4.90. The van der Waals surface area contributed by atoms with E-state index in [4.69, 9.17) is 16.3 Å².